The Hall–Kier alpha value is -3.73. The molecule has 2 atom stereocenters. The van der Waals surface area contributed by atoms with Gasteiger partial charge in [-0.15, -0.1) is 0 Å². The zero-order valence-electron chi connectivity index (χ0n) is 29.9. The summed E-state index contributed by atoms with van der Waals surface area (Å²) in [7, 11) is 1.30. The normalized spacial score (nSPS) is 17.6. The van der Waals surface area contributed by atoms with E-state index in [9.17, 15) is 23.5 Å². The van der Waals surface area contributed by atoms with Gasteiger partial charge in [-0.25, -0.2) is 14.0 Å². The van der Waals surface area contributed by atoms with Crippen molar-refractivity contribution in [1.82, 2.24) is 14.8 Å². The highest BCUT2D eigenvalue weighted by atomic mass is 19.2. The van der Waals surface area contributed by atoms with Crippen molar-refractivity contribution >= 4 is 23.9 Å². The van der Waals surface area contributed by atoms with Crippen LogP contribution in [0.4, 0.5) is 13.6 Å². The minimum absolute atomic E-state index is 0.000737. The number of methoxy groups -OCH3 is 1. The minimum atomic E-state index is -1.03. The second-order valence-electron chi connectivity index (χ2n) is 10.8. The van der Waals surface area contributed by atoms with Crippen LogP contribution in [-0.2, 0) is 9.53 Å². The second-order valence-corrected chi connectivity index (χ2v) is 10.8. The number of rotatable bonds is 15. The quantitative estimate of drug-likeness (QED) is 0.0890. The highest BCUT2D eigenvalue weighted by Crippen LogP contribution is 2.31. The summed E-state index contributed by atoms with van der Waals surface area (Å²) in [6.45, 7) is 23.5. The van der Waals surface area contributed by atoms with Crippen molar-refractivity contribution in [2.24, 2.45) is 5.10 Å². The van der Waals surface area contributed by atoms with Gasteiger partial charge in [0.2, 0.25) is 5.82 Å². The van der Waals surface area contributed by atoms with Crippen molar-refractivity contribution in [3.8, 4) is 5.75 Å². The van der Waals surface area contributed by atoms with Crippen molar-refractivity contribution in [2.45, 2.75) is 100 Å². The maximum atomic E-state index is 14.2. The van der Waals surface area contributed by atoms with E-state index < -0.39 is 29.3 Å². The van der Waals surface area contributed by atoms with Gasteiger partial charge >= 0.3 is 12.1 Å². The zero-order chi connectivity index (χ0) is 35.6. The molecule has 46 heavy (non-hydrogen) atoms. The number of allylic oxidation sites excluding steroid dienone is 2. The molecule has 0 spiro atoms. The molecule has 2 unspecified atom stereocenters. The van der Waals surface area contributed by atoms with E-state index in [1.165, 1.54) is 25.3 Å². The average Bonchev–Trinajstić information content (AvgIpc) is 3.35. The molecule has 1 aromatic carbocycles. The number of halogens is 2. The second kappa shape index (κ2) is 21.1. The Bertz CT molecular complexity index is 1230. The topological polar surface area (TPSA) is 94.9 Å². The summed E-state index contributed by atoms with van der Waals surface area (Å²) in [4.78, 5) is 27.6. The molecular weight excluding hydrogens is 594 g/mol. The third-order valence-electron chi connectivity index (χ3n) is 7.17. The molecule has 2 rings (SSSR count). The lowest BCUT2D eigenvalue weighted by Crippen LogP contribution is -2.39. The highest BCUT2D eigenvalue weighted by molar-refractivity contribution is 5.89. The average molecular weight is 651 g/mol. The predicted octanol–water partition coefficient (Wildman–Crippen LogP) is 7.98. The lowest BCUT2D eigenvalue weighted by atomic mass is 10.0. The standard InChI is InChI=1S/C31H44F2N4O5.2C2H6/c1-9-24(29(38)39)12-11-23(6)36-20-31(7,42-30(36)40)15-17-35(10-2)18-16-34-37(21(3)4)19-22(5)25-13-14-26(32)27(33)28(25)41-8;2*1-2/h9,11-14,16,19,21,23H,10,15,17-18,20H2,1-8H3,(H,38,39);2*1-2H3/b12-11-,22-19+,24-9+,34-16+;;. The number of aliphatic carboxylic acids is 1. The Balaban J connectivity index is 0.00000486. The van der Waals surface area contributed by atoms with E-state index in [1.807, 2.05) is 62.3 Å². The number of cyclic esters (lactones) is 1. The monoisotopic (exact) mass is 650 g/mol. The first-order valence-electron chi connectivity index (χ1n) is 16.1. The Morgan fingerprint density at radius 2 is 1.85 bits per heavy atom. The number of amides is 1. The van der Waals surface area contributed by atoms with E-state index in [0.717, 1.165) is 12.6 Å². The molecule has 0 aromatic heterocycles. The summed E-state index contributed by atoms with van der Waals surface area (Å²) < 4.78 is 38.7. The molecule has 11 heteroatoms. The molecular formula is C35H56F2N4O5. The van der Waals surface area contributed by atoms with Gasteiger partial charge in [0.15, 0.2) is 11.6 Å². The molecule has 1 amide bonds. The van der Waals surface area contributed by atoms with E-state index >= 15 is 0 Å². The molecule has 0 radical (unpaired) electrons. The van der Waals surface area contributed by atoms with E-state index in [-0.39, 0.29) is 23.4 Å². The van der Waals surface area contributed by atoms with E-state index in [0.29, 0.717) is 37.2 Å². The van der Waals surface area contributed by atoms with Crippen LogP contribution >= 0.6 is 0 Å². The van der Waals surface area contributed by atoms with Crippen molar-refractivity contribution in [3.05, 3.63) is 59.3 Å². The van der Waals surface area contributed by atoms with Gasteiger partial charge in [0.1, 0.15) is 5.60 Å². The fourth-order valence-corrected chi connectivity index (χ4v) is 4.45. The fraction of sp³-hybridized carbons (Fsp3) is 0.571. The van der Waals surface area contributed by atoms with Crippen LogP contribution in [0.5, 0.6) is 5.75 Å². The molecule has 1 aliphatic heterocycles. The number of carbonyl (C=O) groups is 2. The van der Waals surface area contributed by atoms with Gasteiger partial charge in [0.25, 0.3) is 0 Å². The smallest absolute Gasteiger partial charge is 0.411 e. The van der Waals surface area contributed by atoms with E-state index in [1.54, 1.807) is 42.2 Å². The van der Waals surface area contributed by atoms with Crippen molar-refractivity contribution < 1.29 is 33.0 Å². The lowest BCUT2D eigenvalue weighted by Gasteiger charge is -2.27. The predicted molar refractivity (Wildman–Crippen MR) is 183 cm³/mol. The molecule has 260 valence electrons. The minimum Gasteiger partial charge on any atom is -0.493 e. The molecule has 1 fully saturated rings. The maximum Gasteiger partial charge on any atom is 0.411 e. The highest BCUT2D eigenvalue weighted by Gasteiger charge is 2.42. The number of hydrogen-bond donors (Lipinski definition) is 1. The number of hydrazone groups is 1. The first-order chi connectivity index (χ1) is 21.8. The van der Waals surface area contributed by atoms with E-state index in [2.05, 4.69) is 10.0 Å². The first kappa shape index (κ1) is 42.3. The van der Waals surface area contributed by atoms with Gasteiger partial charge in [0.05, 0.1) is 25.3 Å². The first-order valence-corrected chi connectivity index (χ1v) is 16.1. The SMILES string of the molecule is C/C=C(\C=C/C(C)N1CC(C)(CCN(CC)C/C=N/N(/C=C(\C)c2ccc(F)c(F)c2OC)C(C)C)OC1=O)C(=O)O.CC.CC. The molecule has 1 N–H and O–H groups in total. The number of carbonyl (C=O) groups excluding carboxylic acids is 1. The lowest BCUT2D eigenvalue weighted by molar-refractivity contribution is -0.132. The number of nitrogens with zero attached hydrogens (tertiary/aromatic N) is 4. The Morgan fingerprint density at radius 3 is 2.37 bits per heavy atom. The van der Waals surface area contributed by atoms with Gasteiger partial charge in [-0.05, 0) is 65.8 Å². The molecule has 1 aliphatic rings. The molecule has 0 bridgehead atoms. The van der Waals surface area contributed by atoms with Gasteiger partial charge in [-0.2, -0.15) is 9.49 Å². The summed E-state index contributed by atoms with van der Waals surface area (Å²) in [5, 5.41) is 15.6. The zero-order valence-corrected chi connectivity index (χ0v) is 29.9. The number of carboxylic acids is 1. The molecule has 0 saturated carbocycles. The third kappa shape index (κ3) is 12.6. The largest absolute Gasteiger partial charge is 0.493 e. The Labute approximate surface area is 275 Å². The van der Waals surface area contributed by atoms with Gasteiger partial charge in [0, 0.05) is 43.5 Å². The summed E-state index contributed by atoms with van der Waals surface area (Å²) >= 11 is 0. The van der Waals surface area contributed by atoms with Crippen LogP contribution in [0.3, 0.4) is 0 Å². The van der Waals surface area contributed by atoms with Crippen LogP contribution in [-0.4, -0.2) is 89.2 Å². The van der Waals surface area contributed by atoms with Crippen LogP contribution in [0.15, 0.2) is 47.2 Å². The number of carboxylic acid groups (broad SMARTS) is 1. The third-order valence-corrected chi connectivity index (χ3v) is 7.17. The van der Waals surface area contributed by atoms with Crippen LogP contribution in [0.2, 0.25) is 0 Å². The van der Waals surface area contributed by atoms with Crippen molar-refractivity contribution in [1.29, 1.82) is 0 Å². The Kier molecular flexibility index (Phi) is 19.4. The molecule has 1 saturated heterocycles. The van der Waals surface area contributed by atoms with Crippen LogP contribution in [0.25, 0.3) is 5.57 Å². The van der Waals surface area contributed by atoms with E-state index in [4.69, 9.17) is 9.47 Å². The summed E-state index contributed by atoms with van der Waals surface area (Å²) in [6.07, 6.45) is 8.42. The van der Waals surface area contributed by atoms with Gasteiger partial charge in [-0.1, -0.05) is 52.8 Å². The van der Waals surface area contributed by atoms with Crippen molar-refractivity contribution in [3.63, 3.8) is 0 Å². The summed E-state index contributed by atoms with van der Waals surface area (Å²) in [5.41, 5.74) is 0.573. The molecule has 9 nitrogen and oxygen atoms in total. The van der Waals surface area contributed by atoms with Gasteiger partial charge in [-0.3, -0.25) is 14.8 Å². The number of ether oxygens (including phenoxy) is 2. The molecule has 1 aromatic rings. The maximum absolute atomic E-state index is 14.2. The number of hydrogen-bond acceptors (Lipinski definition) is 7. The molecule has 0 aliphatic carbocycles. The Morgan fingerprint density at radius 1 is 1.22 bits per heavy atom. The summed E-state index contributed by atoms with van der Waals surface area (Å²) in [6, 6.07) is 2.23. The molecule has 1 heterocycles. The van der Waals surface area contributed by atoms with Crippen LogP contribution in [0, 0.1) is 11.6 Å². The van der Waals surface area contributed by atoms with Gasteiger partial charge < -0.3 is 14.6 Å². The van der Waals surface area contributed by atoms with Crippen LogP contribution in [0.1, 0.15) is 88.1 Å². The van der Waals surface area contributed by atoms with Crippen LogP contribution < -0.4 is 4.74 Å². The summed E-state index contributed by atoms with van der Waals surface area (Å²) in [5.74, 6) is -3.18. The number of benzene rings is 1. The fourth-order valence-electron chi connectivity index (χ4n) is 4.45. The van der Waals surface area contributed by atoms with Crippen molar-refractivity contribution in [2.75, 3.05) is 33.3 Å².